The predicted octanol–water partition coefficient (Wildman–Crippen LogP) is 1.54. The largest absolute Gasteiger partial charge is 0.410 e. The fourth-order valence-electron chi connectivity index (χ4n) is 1.33. The Bertz CT molecular complexity index is 531. The van der Waals surface area contributed by atoms with Gasteiger partial charge in [0, 0.05) is 0 Å². The van der Waals surface area contributed by atoms with Gasteiger partial charge in [0.1, 0.15) is 5.36 Å². The Kier molecular flexibility index (Phi) is 2.33. The zero-order valence-corrected chi connectivity index (χ0v) is 8.60. The van der Waals surface area contributed by atoms with Crippen molar-refractivity contribution in [1.82, 2.24) is 9.97 Å². The van der Waals surface area contributed by atoms with Gasteiger partial charge in [-0.15, -0.1) is 0 Å². The zero-order chi connectivity index (χ0) is 10.8. The lowest BCUT2D eigenvalue weighted by atomic mass is 10.3. The van der Waals surface area contributed by atoms with Gasteiger partial charge in [-0.1, -0.05) is 5.16 Å². The van der Waals surface area contributed by atoms with E-state index in [0.717, 1.165) is 22.4 Å². The van der Waals surface area contributed by atoms with E-state index in [4.69, 9.17) is 5.21 Å². The second-order valence-corrected chi connectivity index (χ2v) is 3.36. The van der Waals surface area contributed by atoms with Crippen LogP contribution >= 0.6 is 0 Å². The van der Waals surface area contributed by atoms with Crippen LogP contribution in [0.1, 0.15) is 11.4 Å². The minimum absolute atomic E-state index is 0.491. The van der Waals surface area contributed by atoms with Gasteiger partial charge < -0.3 is 5.21 Å². The average Bonchev–Trinajstić information content (AvgIpc) is 2.42. The molecule has 0 bridgehead atoms. The van der Waals surface area contributed by atoms with E-state index in [1.54, 1.807) is 24.3 Å². The van der Waals surface area contributed by atoms with Crippen molar-refractivity contribution < 1.29 is 5.21 Å². The monoisotopic (exact) mass is 201 g/mol. The molecule has 0 spiro atoms. The maximum Gasteiger partial charge on any atom is 0.102 e. The lowest BCUT2D eigenvalue weighted by Crippen LogP contribution is -1.93. The highest BCUT2D eigenvalue weighted by Gasteiger charge is 1.98. The normalized spacial score (nSPS) is 10.3. The Balaban J connectivity index is 2.86. The first-order valence-corrected chi connectivity index (χ1v) is 4.64. The molecule has 0 atom stereocenters. The highest BCUT2D eigenvalue weighted by molar-refractivity contribution is 5.73. The molecule has 1 aromatic carbocycles. The first kappa shape index (κ1) is 9.58. The van der Waals surface area contributed by atoms with Gasteiger partial charge in [0.25, 0.3) is 0 Å². The number of aromatic nitrogens is 2. The summed E-state index contributed by atoms with van der Waals surface area (Å²) in [6.45, 7) is 3.85. The van der Waals surface area contributed by atoms with Crippen LogP contribution in [0.25, 0.3) is 11.0 Å². The first-order valence-electron chi connectivity index (χ1n) is 4.64. The fraction of sp³-hybridized carbons (Fsp3) is 0.182. The topological polar surface area (TPSA) is 58.4 Å². The van der Waals surface area contributed by atoms with Crippen LogP contribution in [0.3, 0.4) is 0 Å². The molecule has 0 aliphatic carbocycles. The van der Waals surface area contributed by atoms with Crippen LogP contribution in [0, 0.1) is 13.8 Å². The summed E-state index contributed by atoms with van der Waals surface area (Å²) in [6.07, 6.45) is 0. The quantitative estimate of drug-likeness (QED) is 0.519. The van der Waals surface area contributed by atoms with Gasteiger partial charge in [-0.05, 0) is 38.1 Å². The van der Waals surface area contributed by atoms with Crippen LogP contribution in [0.4, 0.5) is 0 Å². The molecule has 0 unspecified atom stereocenters. The van der Waals surface area contributed by atoms with Crippen molar-refractivity contribution in [2.75, 3.05) is 0 Å². The van der Waals surface area contributed by atoms with Gasteiger partial charge in [-0.2, -0.15) is 0 Å². The Morgan fingerprint density at radius 3 is 1.80 bits per heavy atom. The average molecular weight is 201 g/mol. The molecule has 2 rings (SSSR count). The van der Waals surface area contributed by atoms with Crippen LogP contribution in [0.2, 0.25) is 0 Å². The second-order valence-electron chi connectivity index (χ2n) is 3.36. The summed E-state index contributed by atoms with van der Waals surface area (Å²) in [7, 11) is 0. The summed E-state index contributed by atoms with van der Waals surface area (Å²) < 4.78 is 0. The van der Waals surface area contributed by atoms with Gasteiger partial charge in [-0.25, -0.2) is 9.97 Å². The smallest absolute Gasteiger partial charge is 0.102 e. The van der Waals surface area contributed by atoms with Gasteiger partial charge >= 0.3 is 0 Å². The molecule has 0 amide bonds. The van der Waals surface area contributed by atoms with E-state index in [-0.39, 0.29) is 0 Å². The van der Waals surface area contributed by atoms with E-state index in [1.165, 1.54) is 0 Å². The second kappa shape index (κ2) is 3.65. The van der Waals surface area contributed by atoms with E-state index in [2.05, 4.69) is 15.1 Å². The third kappa shape index (κ3) is 1.79. The van der Waals surface area contributed by atoms with Crippen molar-refractivity contribution in [2.24, 2.45) is 5.16 Å². The standard InChI is InChI=1S/C11H11N3O/c1-7-8(2)13-11-6-4-9(14-15)3-5-10(11)12-7/h3-6,15H,1-2H3. The summed E-state index contributed by atoms with van der Waals surface area (Å²) in [5, 5.41) is 12.3. The van der Waals surface area contributed by atoms with Crippen LogP contribution < -0.4 is 5.36 Å². The van der Waals surface area contributed by atoms with Gasteiger partial charge in [-0.3, -0.25) is 0 Å². The van der Waals surface area contributed by atoms with Crippen molar-refractivity contribution >= 4 is 11.0 Å². The summed E-state index contributed by atoms with van der Waals surface area (Å²) in [4.78, 5) is 8.81. The van der Waals surface area contributed by atoms with Crippen LogP contribution in [0.15, 0.2) is 29.4 Å². The fourth-order valence-corrected chi connectivity index (χ4v) is 1.33. The molecule has 15 heavy (non-hydrogen) atoms. The third-order valence-corrected chi connectivity index (χ3v) is 2.30. The van der Waals surface area contributed by atoms with E-state index in [9.17, 15) is 0 Å². The molecular formula is C11H11N3O. The number of nitrogens with zero attached hydrogens (tertiary/aromatic N) is 3. The molecular weight excluding hydrogens is 190 g/mol. The zero-order valence-electron chi connectivity index (χ0n) is 8.60. The lowest BCUT2D eigenvalue weighted by molar-refractivity contribution is 0.302. The predicted molar refractivity (Wildman–Crippen MR) is 56.4 cm³/mol. The lowest BCUT2D eigenvalue weighted by Gasteiger charge is -1.98. The van der Waals surface area contributed by atoms with Crippen molar-refractivity contribution in [3.05, 3.63) is 41.0 Å². The molecule has 4 nitrogen and oxygen atoms in total. The van der Waals surface area contributed by atoms with E-state index < -0.39 is 0 Å². The van der Waals surface area contributed by atoms with E-state index in [0.29, 0.717) is 5.36 Å². The molecule has 0 aliphatic heterocycles. The molecule has 0 saturated heterocycles. The number of fused-ring (bicyclic) bond motifs is 1. The highest BCUT2D eigenvalue weighted by Crippen LogP contribution is 2.08. The number of rotatable bonds is 0. The molecule has 0 aliphatic rings. The number of hydrogen-bond donors (Lipinski definition) is 1. The van der Waals surface area contributed by atoms with Crippen molar-refractivity contribution in [2.45, 2.75) is 13.8 Å². The molecule has 1 aromatic heterocycles. The maximum atomic E-state index is 8.65. The molecule has 0 radical (unpaired) electrons. The molecule has 0 fully saturated rings. The Morgan fingerprint density at radius 2 is 1.40 bits per heavy atom. The summed E-state index contributed by atoms with van der Waals surface area (Å²) in [5.74, 6) is 0. The Morgan fingerprint density at radius 1 is 0.933 bits per heavy atom. The minimum Gasteiger partial charge on any atom is -0.410 e. The van der Waals surface area contributed by atoms with Gasteiger partial charge in [0.05, 0.1) is 22.4 Å². The Hall–Kier alpha value is -1.97. The molecule has 4 heteroatoms. The number of hydrogen-bond acceptors (Lipinski definition) is 4. The van der Waals surface area contributed by atoms with Gasteiger partial charge in [0.2, 0.25) is 0 Å². The summed E-state index contributed by atoms with van der Waals surface area (Å²) in [6, 6.07) is 6.99. The van der Waals surface area contributed by atoms with E-state index >= 15 is 0 Å². The Labute approximate surface area is 86.9 Å². The summed E-state index contributed by atoms with van der Waals surface area (Å²) in [5.41, 5.74) is 3.42. The highest BCUT2D eigenvalue weighted by atomic mass is 16.4. The van der Waals surface area contributed by atoms with Gasteiger partial charge in [0.15, 0.2) is 0 Å². The van der Waals surface area contributed by atoms with Crippen molar-refractivity contribution in [3.8, 4) is 0 Å². The molecule has 1 heterocycles. The third-order valence-electron chi connectivity index (χ3n) is 2.30. The first-order chi connectivity index (χ1) is 7.20. The number of aryl methyl sites for hydroxylation is 2. The molecule has 76 valence electrons. The van der Waals surface area contributed by atoms with Crippen LogP contribution in [0.5, 0.6) is 0 Å². The SMILES string of the molecule is Cc1nc2ccc(=NO)ccc2nc1C. The molecule has 2 aromatic rings. The van der Waals surface area contributed by atoms with Crippen molar-refractivity contribution in [1.29, 1.82) is 0 Å². The van der Waals surface area contributed by atoms with E-state index in [1.807, 2.05) is 13.8 Å². The molecule has 0 saturated carbocycles. The summed E-state index contributed by atoms with van der Waals surface area (Å²) >= 11 is 0. The maximum absolute atomic E-state index is 8.65. The molecule has 1 N–H and O–H groups in total. The van der Waals surface area contributed by atoms with Crippen LogP contribution in [-0.2, 0) is 0 Å². The van der Waals surface area contributed by atoms with Crippen LogP contribution in [-0.4, -0.2) is 15.2 Å². The van der Waals surface area contributed by atoms with Crippen molar-refractivity contribution in [3.63, 3.8) is 0 Å². The minimum atomic E-state index is 0.491.